The topological polar surface area (TPSA) is 68.3 Å². The van der Waals surface area contributed by atoms with Crippen molar-refractivity contribution in [1.82, 2.24) is 0 Å². The number of rotatable bonds is 4. The van der Waals surface area contributed by atoms with Crippen LogP contribution in [-0.2, 0) is 4.79 Å². The first kappa shape index (κ1) is 13.5. The number of furan rings is 1. The quantitative estimate of drug-likeness (QED) is 0.664. The van der Waals surface area contributed by atoms with Crippen molar-refractivity contribution in [3.05, 3.63) is 42.4 Å². The van der Waals surface area contributed by atoms with Gasteiger partial charge in [-0.25, -0.2) is 0 Å². The van der Waals surface area contributed by atoms with Gasteiger partial charge < -0.3 is 15.5 Å². The summed E-state index contributed by atoms with van der Waals surface area (Å²) in [5.41, 5.74) is 7.02. The summed E-state index contributed by atoms with van der Waals surface area (Å²) in [5, 5.41) is 2.65. The number of amides is 1. The van der Waals surface area contributed by atoms with E-state index in [1.165, 1.54) is 11.8 Å². The summed E-state index contributed by atoms with van der Waals surface area (Å²) >= 11 is 1.48. The van der Waals surface area contributed by atoms with E-state index in [1.807, 2.05) is 19.9 Å². The number of carbonyl (C=O) groups is 1. The van der Waals surface area contributed by atoms with Crippen LogP contribution < -0.4 is 11.1 Å². The Labute approximate surface area is 116 Å². The Kier molecular flexibility index (Phi) is 4.16. The third-order valence-electron chi connectivity index (χ3n) is 2.66. The lowest BCUT2D eigenvalue weighted by Gasteiger charge is -2.11. The molecule has 2 aromatic rings. The Morgan fingerprint density at radius 2 is 2.00 bits per heavy atom. The predicted octanol–water partition coefficient (Wildman–Crippen LogP) is 3.29. The molecular formula is C14H16N2O2S. The van der Waals surface area contributed by atoms with Crippen LogP contribution in [0.3, 0.4) is 0 Å². The molecule has 1 atom stereocenters. The lowest BCUT2D eigenvalue weighted by Crippen LogP contribution is -2.22. The number of nitrogens with one attached hydrogen (secondary N) is 1. The van der Waals surface area contributed by atoms with Crippen LogP contribution >= 0.6 is 11.8 Å². The van der Waals surface area contributed by atoms with E-state index in [-0.39, 0.29) is 11.2 Å². The first-order valence-corrected chi connectivity index (χ1v) is 6.81. The van der Waals surface area contributed by atoms with Gasteiger partial charge in [0, 0.05) is 16.3 Å². The lowest BCUT2D eigenvalue weighted by molar-refractivity contribution is -0.115. The molecule has 0 saturated heterocycles. The van der Waals surface area contributed by atoms with Gasteiger partial charge in [-0.05, 0) is 44.2 Å². The van der Waals surface area contributed by atoms with Crippen molar-refractivity contribution in [3.63, 3.8) is 0 Å². The molecule has 1 heterocycles. The Morgan fingerprint density at radius 1 is 1.32 bits per heavy atom. The molecule has 0 spiro atoms. The van der Waals surface area contributed by atoms with Crippen molar-refractivity contribution < 1.29 is 9.21 Å². The number of carbonyl (C=O) groups excluding carboxylic acids is 1. The molecule has 0 aliphatic heterocycles. The van der Waals surface area contributed by atoms with Crippen molar-refractivity contribution in [1.29, 1.82) is 0 Å². The monoisotopic (exact) mass is 276 g/mol. The van der Waals surface area contributed by atoms with E-state index in [0.29, 0.717) is 5.69 Å². The molecule has 0 aliphatic carbocycles. The van der Waals surface area contributed by atoms with Crippen LogP contribution in [0.1, 0.15) is 12.7 Å². The molecule has 1 aromatic heterocycles. The Morgan fingerprint density at radius 3 is 2.58 bits per heavy atom. The predicted molar refractivity (Wildman–Crippen MR) is 78.2 cm³/mol. The standard InChI is InChI=1S/C14H16N2O2S/c1-9-13(7-8-18-9)19-10(2)14(17)16-12-5-3-11(15)4-6-12/h3-8,10H,15H2,1-2H3,(H,16,17). The van der Waals surface area contributed by atoms with Crippen LogP contribution in [0.15, 0.2) is 45.9 Å². The SMILES string of the molecule is Cc1occc1SC(C)C(=O)Nc1ccc(N)cc1. The molecule has 3 N–H and O–H groups in total. The molecule has 5 heteroatoms. The summed E-state index contributed by atoms with van der Waals surface area (Å²) in [6.07, 6.45) is 1.63. The molecule has 2 rings (SSSR count). The lowest BCUT2D eigenvalue weighted by atomic mass is 10.3. The fourth-order valence-electron chi connectivity index (χ4n) is 1.55. The molecule has 0 saturated carbocycles. The Hall–Kier alpha value is -1.88. The summed E-state index contributed by atoms with van der Waals surface area (Å²) < 4.78 is 5.21. The fraction of sp³-hybridized carbons (Fsp3) is 0.214. The summed E-state index contributed by atoms with van der Waals surface area (Å²) in [5.74, 6) is 0.785. The van der Waals surface area contributed by atoms with Crippen LogP contribution in [0, 0.1) is 6.92 Å². The van der Waals surface area contributed by atoms with Gasteiger partial charge in [0.15, 0.2) is 0 Å². The molecule has 0 fully saturated rings. The molecule has 1 aromatic carbocycles. The number of nitrogens with two attached hydrogens (primary N) is 1. The van der Waals surface area contributed by atoms with Crippen molar-refractivity contribution in [2.75, 3.05) is 11.1 Å². The second-order valence-corrected chi connectivity index (χ2v) is 5.60. The van der Waals surface area contributed by atoms with Crippen LogP contribution in [0.2, 0.25) is 0 Å². The largest absolute Gasteiger partial charge is 0.468 e. The first-order chi connectivity index (χ1) is 9.06. The van der Waals surface area contributed by atoms with Gasteiger partial charge in [0.2, 0.25) is 5.91 Å². The highest BCUT2D eigenvalue weighted by Gasteiger charge is 2.16. The number of hydrogen-bond donors (Lipinski definition) is 2. The van der Waals surface area contributed by atoms with E-state index >= 15 is 0 Å². The van der Waals surface area contributed by atoms with Gasteiger partial charge in [-0.3, -0.25) is 4.79 Å². The second-order valence-electron chi connectivity index (χ2n) is 4.21. The maximum Gasteiger partial charge on any atom is 0.237 e. The number of benzene rings is 1. The van der Waals surface area contributed by atoms with Crippen LogP contribution in [0.4, 0.5) is 11.4 Å². The summed E-state index contributed by atoms with van der Waals surface area (Å²) in [6, 6.07) is 8.95. The van der Waals surface area contributed by atoms with Crippen molar-refractivity contribution in [2.24, 2.45) is 0 Å². The number of hydrogen-bond acceptors (Lipinski definition) is 4. The van der Waals surface area contributed by atoms with Crippen molar-refractivity contribution >= 4 is 29.0 Å². The summed E-state index contributed by atoms with van der Waals surface area (Å²) in [6.45, 7) is 3.75. The van der Waals surface area contributed by atoms with Gasteiger partial charge in [-0.2, -0.15) is 0 Å². The van der Waals surface area contributed by atoms with Gasteiger partial charge in [-0.1, -0.05) is 0 Å². The van der Waals surface area contributed by atoms with Gasteiger partial charge in [0.25, 0.3) is 0 Å². The van der Waals surface area contributed by atoms with Crippen molar-refractivity contribution in [3.8, 4) is 0 Å². The van der Waals surface area contributed by atoms with Crippen LogP contribution in [0.25, 0.3) is 0 Å². The average molecular weight is 276 g/mol. The zero-order valence-corrected chi connectivity index (χ0v) is 11.7. The van der Waals surface area contributed by atoms with E-state index in [1.54, 1.807) is 30.5 Å². The van der Waals surface area contributed by atoms with Crippen molar-refractivity contribution in [2.45, 2.75) is 24.0 Å². The second kappa shape index (κ2) is 5.84. The van der Waals surface area contributed by atoms with Gasteiger partial charge in [0.05, 0.1) is 11.5 Å². The summed E-state index contributed by atoms with van der Waals surface area (Å²) in [7, 11) is 0. The number of nitrogen functional groups attached to an aromatic ring is 1. The Balaban J connectivity index is 1.96. The highest BCUT2D eigenvalue weighted by atomic mass is 32.2. The molecular weight excluding hydrogens is 260 g/mol. The third kappa shape index (κ3) is 3.54. The van der Waals surface area contributed by atoms with Gasteiger partial charge >= 0.3 is 0 Å². The zero-order chi connectivity index (χ0) is 13.8. The van der Waals surface area contributed by atoms with E-state index in [9.17, 15) is 4.79 Å². The highest BCUT2D eigenvalue weighted by molar-refractivity contribution is 8.00. The van der Waals surface area contributed by atoms with E-state index in [0.717, 1.165) is 16.3 Å². The number of thioether (sulfide) groups is 1. The van der Waals surface area contributed by atoms with E-state index in [2.05, 4.69) is 5.32 Å². The molecule has 0 aliphatic rings. The van der Waals surface area contributed by atoms with Crippen LogP contribution in [0.5, 0.6) is 0 Å². The minimum absolute atomic E-state index is 0.0460. The third-order valence-corrected chi connectivity index (χ3v) is 3.91. The maximum absolute atomic E-state index is 12.0. The molecule has 19 heavy (non-hydrogen) atoms. The minimum atomic E-state index is -0.200. The van der Waals surface area contributed by atoms with Gasteiger partial charge in [0.1, 0.15) is 5.76 Å². The average Bonchev–Trinajstić information content (AvgIpc) is 2.78. The van der Waals surface area contributed by atoms with E-state index < -0.39 is 0 Å². The van der Waals surface area contributed by atoms with Gasteiger partial charge in [-0.15, -0.1) is 11.8 Å². The first-order valence-electron chi connectivity index (χ1n) is 5.93. The van der Waals surface area contributed by atoms with E-state index in [4.69, 9.17) is 10.2 Å². The van der Waals surface area contributed by atoms with Crippen LogP contribution in [-0.4, -0.2) is 11.2 Å². The normalized spacial score (nSPS) is 12.1. The Bertz CT molecular complexity index is 563. The zero-order valence-electron chi connectivity index (χ0n) is 10.8. The summed E-state index contributed by atoms with van der Waals surface area (Å²) in [4.78, 5) is 13.0. The molecule has 1 amide bonds. The molecule has 1 unspecified atom stereocenters. The smallest absolute Gasteiger partial charge is 0.237 e. The highest BCUT2D eigenvalue weighted by Crippen LogP contribution is 2.28. The molecule has 4 nitrogen and oxygen atoms in total. The number of aryl methyl sites for hydroxylation is 1. The minimum Gasteiger partial charge on any atom is -0.468 e. The molecule has 0 bridgehead atoms. The molecule has 100 valence electrons. The maximum atomic E-state index is 12.0. The fourth-order valence-corrected chi connectivity index (χ4v) is 2.44. The number of anilines is 2. The molecule has 0 radical (unpaired) electrons.